The van der Waals surface area contributed by atoms with Crippen LogP contribution in [0.4, 0.5) is 0 Å². The van der Waals surface area contributed by atoms with E-state index in [2.05, 4.69) is 15.3 Å². The van der Waals surface area contributed by atoms with Crippen molar-refractivity contribution in [3.05, 3.63) is 23.2 Å². The van der Waals surface area contributed by atoms with Crippen molar-refractivity contribution in [3.8, 4) is 0 Å². The molecule has 0 radical (unpaired) electrons. The van der Waals surface area contributed by atoms with Crippen LogP contribution in [0.25, 0.3) is 0 Å². The van der Waals surface area contributed by atoms with Crippen LogP contribution >= 0.6 is 0 Å². The molecule has 0 atom stereocenters. The Morgan fingerprint density at radius 3 is 2.54 bits per heavy atom. The summed E-state index contributed by atoms with van der Waals surface area (Å²) in [5.41, 5.74) is 0.334. The first-order chi connectivity index (χ1) is 13.3. The molecule has 1 fully saturated rings. The number of carbonyl (C=O) groups is 1. The van der Waals surface area contributed by atoms with Crippen molar-refractivity contribution in [1.29, 1.82) is 0 Å². The van der Waals surface area contributed by atoms with Gasteiger partial charge in [-0.05, 0) is 33.1 Å². The summed E-state index contributed by atoms with van der Waals surface area (Å²) in [4.78, 5) is 16.5. The number of piperidine rings is 1. The van der Waals surface area contributed by atoms with E-state index in [4.69, 9.17) is 13.8 Å². The number of esters is 1. The third-order valence-corrected chi connectivity index (χ3v) is 6.82. The van der Waals surface area contributed by atoms with E-state index in [1.54, 1.807) is 13.8 Å². The second-order valence-electron chi connectivity index (χ2n) is 6.79. The second-order valence-corrected chi connectivity index (χ2v) is 8.67. The zero-order valence-corrected chi connectivity index (χ0v) is 17.0. The van der Waals surface area contributed by atoms with Gasteiger partial charge in [0.2, 0.25) is 10.0 Å². The number of aromatic nitrogens is 3. The van der Waals surface area contributed by atoms with Crippen molar-refractivity contribution in [3.63, 3.8) is 0 Å². The standard InChI is InChI=1S/C17H24N4O6S/c1-4-5-14-18-15(27-20-14)10-25-17(22)13-6-8-21(9-7-13)28(23,24)16-11(2)19-26-12(16)3/h13H,4-10H2,1-3H3. The second kappa shape index (κ2) is 8.39. The highest BCUT2D eigenvalue weighted by atomic mass is 32.2. The number of ether oxygens (including phenoxy) is 1. The largest absolute Gasteiger partial charge is 0.455 e. The number of hydrogen-bond acceptors (Lipinski definition) is 9. The highest BCUT2D eigenvalue weighted by Crippen LogP contribution is 2.28. The summed E-state index contributed by atoms with van der Waals surface area (Å²) in [7, 11) is -3.70. The molecule has 154 valence electrons. The van der Waals surface area contributed by atoms with Crippen molar-refractivity contribution < 1.29 is 27.0 Å². The molecule has 1 saturated heterocycles. The van der Waals surface area contributed by atoms with Crippen LogP contribution in [0.1, 0.15) is 49.4 Å². The summed E-state index contributed by atoms with van der Waals surface area (Å²) in [5.74, 6) is 0.362. The maximum absolute atomic E-state index is 12.8. The lowest BCUT2D eigenvalue weighted by atomic mass is 9.98. The van der Waals surface area contributed by atoms with Crippen LogP contribution in [0.15, 0.2) is 13.9 Å². The highest BCUT2D eigenvalue weighted by Gasteiger charge is 2.36. The van der Waals surface area contributed by atoms with Crippen molar-refractivity contribution in [2.24, 2.45) is 5.92 Å². The Morgan fingerprint density at radius 2 is 1.93 bits per heavy atom. The topological polar surface area (TPSA) is 129 Å². The van der Waals surface area contributed by atoms with Gasteiger partial charge in [-0.3, -0.25) is 4.79 Å². The van der Waals surface area contributed by atoms with Crippen molar-refractivity contribution in [2.45, 2.75) is 58.0 Å². The number of carbonyl (C=O) groups excluding carboxylic acids is 1. The first-order valence-electron chi connectivity index (χ1n) is 9.24. The van der Waals surface area contributed by atoms with Crippen LogP contribution in [0.2, 0.25) is 0 Å². The molecular formula is C17H24N4O6S. The minimum Gasteiger partial charge on any atom is -0.455 e. The van der Waals surface area contributed by atoms with Gasteiger partial charge in [-0.2, -0.15) is 9.29 Å². The quantitative estimate of drug-likeness (QED) is 0.625. The molecule has 11 heteroatoms. The molecule has 3 heterocycles. The Morgan fingerprint density at radius 1 is 1.21 bits per heavy atom. The van der Waals surface area contributed by atoms with Gasteiger partial charge >= 0.3 is 5.97 Å². The van der Waals surface area contributed by atoms with E-state index in [1.165, 1.54) is 4.31 Å². The fourth-order valence-electron chi connectivity index (χ4n) is 3.23. The first kappa shape index (κ1) is 20.5. The van der Waals surface area contributed by atoms with E-state index in [-0.39, 0.29) is 48.1 Å². The van der Waals surface area contributed by atoms with Gasteiger partial charge in [-0.25, -0.2) is 8.42 Å². The number of hydrogen-bond donors (Lipinski definition) is 0. The molecule has 0 aliphatic carbocycles. The summed E-state index contributed by atoms with van der Waals surface area (Å²) in [6.07, 6.45) is 2.36. The van der Waals surface area contributed by atoms with Gasteiger partial charge in [-0.1, -0.05) is 17.2 Å². The van der Waals surface area contributed by atoms with E-state index in [0.29, 0.717) is 30.8 Å². The lowest BCUT2D eigenvalue weighted by Crippen LogP contribution is -2.40. The summed E-state index contributed by atoms with van der Waals surface area (Å²) in [6.45, 7) is 5.56. The van der Waals surface area contributed by atoms with Gasteiger partial charge in [-0.15, -0.1) is 0 Å². The normalized spacial score (nSPS) is 16.4. The van der Waals surface area contributed by atoms with E-state index in [1.807, 2.05) is 6.92 Å². The fourth-order valence-corrected chi connectivity index (χ4v) is 4.99. The lowest BCUT2D eigenvalue weighted by Gasteiger charge is -2.29. The fraction of sp³-hybridized carbons (Fsp3) is 0.647. The summed E-state index contributed by atoms with van der Waals surface area (Å²) >= 11 is 0. The Kier molecular flexibility index (Phi) is 6.14. The maximum atomic E-state index is 12.8. The molecule has 0 aromatic carbocycles. The van der Waals surface area contributed by atoms with E-state index < -0.39 is 10.0 Å². The minimum atomic E-state index is -3.70. The molecule has 1 aliphatic rings. The molecule has 3 rings (SSSR count). The van der Waals surface area contributed by atoms with E-state index in [0.717, 1.165) is 6.42 Å². The molecule has 28 heavy (non-hydrogen) atoms. The van der Waals surface area contributed by atoms with Crippen LogP contribution in [0.5, 0.6) is 0 Å². The number of sulfonamides is 1. The Hall–Kier alpha value is -2.27. The Balaban J connectivity index is 1.53. The first-order valence-corrected chi connectivity index (χ1v) is 10.7. The molecule has 0 amide bonds. The van der Waals surface area contributed by atoms with Gasteiger partial charge in [0.15, 0.2) is 18.2 Å². The van der Waals surface area contributed by atoms with Gasteiger partial charge < -0.3 is 13.8 Å². The summed E-state index contributed by atoms with van der Waals surface area (Å²) < 4.78 is 42.3. The van der Waals surface area contributed by atoms with Crippen LogP contribution in [0.3, 0.4) is 0 Å². The predicted octanol–water partition coefficient (Wildman–Crippen LogP) is 1.77. The maximum Gasteiger partial charge on any atom is 0.309 e. The molecule has 2 aromatic rings. The smallest absolute Gasteiger partial charge is 0.309 e. The zero-order valence-electron chi connectivity index (χ0n) is 16.2. The lowest BCUT2D eigenvalue weighted by molar-refractivity contribution is -0.152. The van der Waals surface area contributed by atoms with E-state index >= 15 is 0 Å². The van der Waals surface area contributed by atoms with Crippen molar-refractivity contribution in [1.82, 2.24) is 19.6 Å². The van der Waals surface area contributed by atoms with Crippen LogP contribution in [-0.2, 0) is 32.6 Å². The van der Waals surface area contributed by atoms with Crippen LogP contribution in [-0.4, -0.2) is 47.1 Å². The monoisotopic (exact) mass is 412 g/mol. The third kappa shape index (κ3) is 4.25. The number of rotatable bonds is 7. The molecule has 10 nitrogen and oxygen atoms in total. The average molecular weight is 412 g/mol. The molecule has 0 bridgehead atoms. The van der Waals surface area contributed by atoms with Gasteiger partial charge in [0.05, 0.1) is 5.92 Å². The third-order valence-electron chi connectivity index (χ3n) is 4.67. The highest BCUT2D eigenvalue weighted by molar-refractivity contribution is 7.89. The van der Waals surface area contributed by atoms with Crippen molar-refractivity contribution >= 4 is 16.0 Å². The molecule has 1 aliphatic heterocycles. The number of aryl methyl sites for hydroxylation is 3. The predicted molar refractivity (Wildman–Crippen MR) is 95.5 cm³/mol. The molecule has 0 unspecified atom stereocenters. The molecule has 0 spiro atoms. The Bertz CT molecular complexity index is 908. The van der Waals surface area contributed by atoms with Gasteiger partial charge in [0, 0.05) is 19.5 Å². The average Bonchev–Trinajstić information content (AvgIpc) is 3.26. The van der Waals surface area contributed by atoms with Gasteiger partial charge in [0.1, 0.15) is 10.6 Å². The SMILES string of the molecule is CCCc1noc(COC(=O)C2CCN(S(=O)(=O)c3c(C)noc3C)CC2)n1. The summed E-state index contributed by atoms with van der Waals surface area (Å²) in [6, 6.07) is 0. The van der Waals surface area contributed by atoms with Crippen LogP contribution < -0.4 is 0 Å². The zero-order chi connectivity index (χ0) is 20.3. The van der Waals surface area contributed by atoms with Gasteiger partial charge in [0.25, 0.3) is 5.89 Å². The summed E-state index contributed by atoms with van der Waals surface area (Å²) in [5, 5.41) is 7.52. The Labute approximate surface area is 163 Å². The minimum absolute atomic E-state index is 0.0763. The van der Waals surface area contributed by atoms with Crippen molar-refractivity contribution in [2.75, 3.05) is 13.1 Å². The molecule has 0 saturated carbocycles. The van der Waals surface area contributed by atoms with Crippen LogP contribution in [0, 0.1) is 19.8 Å². The van der Waals surface area contributed by atoms with E-state index in [9.17, 15) is 13.2 Å². The molecular weight excluding hydrogens is 388 g/mol. The molecule has 2 aromatic heterocycles. The number of nitrogens with zero attached hydrogens (tertiary/aromatic N) is 4. The molecule has 0 N–H and O–H groups in total.